The van der Waals surface area contributed by atoms with Gasteiger partial charge < -0.3 is 0 Å². The topological polar surface area (TPSA) is 38.1 Å². The number of nitrogens with two attached hydrogens (primary N) is 1. The SMILES string of the molecule is CC(C)c1cn2c([n+]1N)N(C(C)C)c1ccccc1C2(C)C. The Hall–Kier alpha value is -1.97. The van der Waals surface area contributed by atoms with Gasteiger partial charge in [-0.05, 0) is 33.8 Å². The minimum atomic E-state index is -0.119. The minimum Gasteiger partial charge on any atom is -0.289 e. The molecule has 0 spiro atoms. The number of rotatable bonds is 2. The molecule has 1 aromatic heterocycles. The van der Waals surface area contributed by atoms with Crippen molar-refractivity contribution in [3.8, 4) is 0 Å². The Bertz CT molecular complexity index is 710. The molecule has 0 saturated carbocycles. The zero-order valence-electron chi connectivity index (χ0n) is 14.5. The molecule has 0 fully saturated rings. The third-order valence-corrected chi connectivity index (χ3v) is 4.72. The Balaban J connectivity index is 2.36. The van der Waals surface area contributed by atoms with Crippen LogP contribution in [0.2, 0.25) is 0 Å². The van der Waals surface area contributed by atoms with Crippen LogP contribution in [0.4, 0.5) is 11.6 Å². The fourth-order valence-corrected chi connectivity index (χ4v) is 3.50. The summed E-state index contributed by atoms with van der Waals surface area (Å²) < 4.78 is 4.19. The molecule has 0 aliphatic carbocycles. The van der Waals surface area contributed by atoms with Crippen LogP contribution >= 0.6 is 0 Å². The molecular weight excluding hydrogens is 272 g/mol. The molecule has 2 N–H and O–H groups in total. The molecule has 0 unspecified atom stereocenters. The fraction of sp³-hybridized carbons (Fsp3) is 0.500. The summed E-state index contributed by atoms with van der Waals surface area (Å²) >= 11 is 0. The van der Waals surface area contributed by atoms with E-state index in [1.807, 2.05) is 4.68 Å². The number of hydrogen-bond acceptors (Lipinski definition) is 2. The van der Waals surface area contributed by atoms with Gasteiger partial charge >= 0.3 is 5.95 Å². The number of para-hydroxylation sites is 1. The van der Waals surface area contributed by atoms with E-state index in [2.05, 4.69) is 81.5 Å². The van der Waals surface area contributed by atoms with Gasteiger partial charge in [-0.3, -0.25) is 5.84 Å². The molecule has 22 heavy (non-hydrogen) atoms. The lowest BCUT2D eigenvalue weighted by Gasteiger charge is -2.37. The molecule has 2 aromatic rings. The molecule has 4 heteroatoms. The first-order valence-corrected chi connectivity index (χ1v) is 8.08. The van der Waals surface area contributed by atoms with E-state index < -0.39 is 0 Å². The zero-order valence-corrected chi connectivity index (χ0v) is 14.5. The maximum atomic E-state index is 6.49. The van der Waals surface area contributed by atoms with Crippen molar-refractivity contribution >= 4 is 11.6 Å². The van der Waals surface area contributed by atoms with Crippen LogP contribution in [0.15, 0.2) is 30.5 Å². The summed E-state index contributed by atoms with van der Waals surface area (Å²) in [5.74, 6) is 7.93. The number of anilines is 2. The minimum absolute atomic E-state index is 0.119. The third kappa shape index (κ3) is 1.86. The van der Waals surface area contributed by atoms with Crippen molar-refractivity contribution in [2.24, 2.45) is 0 Å². The Morgan fingerprint density at radius 3 is 2.32 bits per heavy atom. The van der Waals surface area contributed by atoms with Gasteiger partial charge in [0.1, 0.15) is 23.1 Å². The predicted octanol–water partition coefficient (Wildman–Crippen LogP) is 3.26. The molecule has 0 radical (unpaired) electrons. The van der Waals surface area contributed by atoms with Gasteiger partial charge in [-0.25, -0.2) is 9.47 Å². The van der Waals surface area contributed by atoms with Gasteiger partial charge in [-0.15, -0.1) is 4.68 Å². The van der Waals surface area contributed by atoms with Gasteiger partial charge in [0, 0.05) is 11.5 Å². The van der Waals surface area contributed by atoms with Crippen molar-refractivity contribution in [2.45, 2.75) is 59.0 Å². The number of nitrogens with zero attached hydrogens (tertiary/aromatic N) is 3. The van der Waals surface area contributed by atoms with Crippen molar-refractivity contribution in [3.05, 3.63) is 41.7 Å². The van der Waals surface area contributed by atoms with Gasteiger partial charge in [0.25, 0.3) is 0 Å². The van der Waals surface area contributed by atoms with E-state index >= 15 is 0 Å². The van der Waals surface area contributed by atoms with E-state index in [1.165, 1.54) is 11.3 Å². The second-order valence-electron chi connectivity index (χ2n) is 7.29. The molecule has 1 aromatic carbocycles. The van der Waals surface area contributed by atoms with Crippen molar-refractivity contribution in [1.82, 2.24) is 4.57 Å². The van der Waals surface area contributed by atoms with Gasteiger partial charge in [-0.2, -0.15) is 0 Å². The lowest BCUT2D eigenvalue weighted by Crippen LogP contribution is -2.54. The Morgan fingerprint density at radius 1 is 1.09 bits per heavy atom. The lowest BCUT2D eigenvalue weighted by molar-refractivity contribution is -0.634. The molecule has 0 bridgehead atoms. The summed E-state index contributed by atoms with van der Waals surface area (Å²) in [4.78, 5) is 2.34. The van der Waals surface area contributed by atoms with Crippen LogP contribution in [0.5, 0.6) is 0 Å². The normalized spacial score (nSPS) is 16.1. The quantitative estimate of drug-likeness (QED) is 0.683. The van der Waals surface area contributed by atoms with Crippen molar-refractivity contribution < 1.29 is 4.68 Å². The summed E-state index contributed by atoms with van der Waals surface area (Å²) in [6.07, 6.45) is 2.21. The monoisotopic (exact) mass is 299 g/mol. The van der Waals surface area contributed by atoms with Gasteiger partial charge in [0.2, 0.25) is 0 Å². The van der Waals surface area contributed by atoms with E-state index in [1.54, 1.807) is 0 Å². The highest BCUT2D eigenvalue weighted by atomic mass is 15.5. The number of fused-ring (bicyclic) bond motifs is 2. The van der Waals surface area contributed by atoms with Crippen LogP contribution in [-0.4, -0.2) is 10.6 Å². The van der Waals surface area contributed by atoms with E-state index in [0.717, 1.165) is 11.6 Å². The molecule has 0 atom stereocenters. The summed E-state index contributed by atoms with van der Waals surface area (Å²) in [5, 5.41) is 0. The second kappa shape index (κ2) is 4.77. The van der Waals surface area contributed by atoms with Crippen LogP contribution in [-0.2, 0) is 5.54 Å². The summed E-state index contributed by atoms with van der Waals surface area (Å²) in [6, 6.07) is 8.98. The highest BCUT2D eigenvalue weighted by Gasteiger charge is 2.45. The van der Waals surface area contributed by atoms with Crippen molar-refractivity contribution in [2.75, 3.05) is 10.7 Å². The van der Waals surface area contributed by atoms with Crippen molar-refractivity contribution in [3.63, 3.8) is 0 Å². The molecule has 3 rings (SSSR count). The number of imidazole rings is 1. The highest BCUT2D eigenvalue weighted by molar-refractivity contribution is 5.67. The number of aromatic nitrogens is 2. The number of benzene rings is 1. The molecule has 1 aliphatic rings. The number of hydrogen-bond donors (Lipinski definition) is 1. The summed E-state index contributed by atoms with van der Waals surface area (Å²) in [7, 11) is 0. The standard InChI is InChI=1S/C18H27N4/c1-12(2)16-11-20-17(22(16)19)21(13(3)4)15-10-8-7-9-14(15)18(20,5)6/h7-13H,19H2,1-6H3/q+1. The first-order valence-electron chi connectivity index (χ1n) is 8.08. The maximum absolute atomic E-state index is 6.49. The third-order valence-electron chi connectivity index (χ3n) is 4.72. The molecule has 2 heterocycles. The largest absolute Gasteiger partial charge is 0.387 e. The van der Waals surface area contributed by atoms with Crippen LogP contribution in [0, 0.1) is 0 Å². The van der Waals surface area contributed by atoms with Crippen LogP contribution < -0.4 is 15.4 Å². The van der Waals surface area contributed by atoms with Gasteiger partial charge in [0.05, 0.1) is 6.04 Å². The molecule has 1 aliphatic heterocycles. The smallest absolute Gasteiger partial charge is 0.289 e. The fourth-order valence-electron chi connectivity index (χ4n) is 3.50. The number of nitrogen functional groups attached to an aromatic ring is 1. The van der Waals surface area contributed by atoms with E-state index in [0.29, 0.717) is 12.0 Å². The maximum Gasteiger partial charge on any atom is 0.387 e. The molecule has 118 valence electrons. The molecule has 0 saturated heterocycles. The summed E-state index contributed by atoms with van der Waals surface area (Å²) in [5.41, 5.74) is 3.62. The molecular formula is C18H27N4+. The van der Waals surface area contributed by atoms with Gasteiger partial charge in [0.15, 0.2) is 0 Å². The first-order chi connectivity index (χ1) is 10.3. The predicted molar refractivity (Wildman–Crippen MR) is 91.0 cm³/mol. The lowest BCUT2D eigenvalue weighted by atomic mass is 9.89. The Kier molecular flexibility index (Phi) is 3.24. The zero-order chi connectivity index (χ0) is 16.2. The van der Waals surface area contributed by atoms with Crippen LogP contribution in [0.1, 0.15) is 58.7 Å². The van der Waals surface area contributed by atoms with E-state index in [9.17, 15) is 0 Å². The molecule has 4 nitrogen and oxygen atoms in total. The Labute approximate surface area is 133 Å². The average Bonchev–Trinajstić information content (AvgIpc) is 2.78. The Morgan fingerprint density at radius 2 is 1.73 bits per heavy atom. The second-order valence-corrected chi connectivity index (χ2v) is 7.29. The average molecular weight is 299 g/mol. The highest BCUT2D eigenvalue weighted by Crippen LogP contribution is 2.44. The van der Waals surface area contributed by atoms with Crippen LogP contribution in [0.3, 0.4) is 0 Å². The first kappa shape index (κ1) is 14.9. The van der Waals surface area contributed by atoms with E-state index in [4.69, 9.17) is 5.84 Å². The van der Waals surface area contributed by atoms with Gasteiger partial charge in [-0.1, -0.05) is 32.0 Å². The van der Waals surface area contributed by atoms with Crippen molar-refractivity contribution in [1.29, 1.82) is 0 Å². The molecule has 0 amide bonds. The van der Waals surface area contributed by atoms with Crippen LogP contribution in [0.25, 0.3) is 0 Å². The van der Waals surface area contributed by atoms with E-state index in [-0.39, 0.29) is 5.54 Å². The summed E-state index contributed by atoms with van der Waals surface area (Å²) in [6.45, 7) is 13.3.